The Morgan fingerprint density at radius 3 is 2.24 bits per heavy atom. The predicted molar refractivity (Wildman–Crippen MR) is 187 cm³/mol. The first-order valence-corrected chi connectivity index (χ1v) is 17.7. The zero-order chi connectivity index (χ0) is 34.8. The lowest BCUT2D eigenvalue weighted by molar-refractivity contribution is -0.141. The third-order valence-corrected chi connectivity index (χ3v) is 10.1. The molecule has 13 heteroatoms. The fourth-order valence-corrected chi connectivity index (χ4v) is 6.27. The summed E-state index contributed by atoms with van der Waals surface area (Å²) in [7, 11) is 1.66. The number of nitrogens with zero attached hydrogens (tertiary/aromatic N) is 2. The number of halogens is 1. The number of hydrogen-bond donors (Lipinski definition) is 4. The molecule has 3 amide bonds. The maximum Gasteiger partial charge on any atom is 0.408 e. The highest BCUT2D eigenvalue weighted by Crippen LogP contribution is 2.28. The fraction of sp³-hybridized carbons (Fsp3) is 0.606. The second-order valence-electron chi connectivity index (χ2n) is 13.0. The molecule has 256 valence electrons. The Bertz CT molecular complexity index is 1300. The van der Waals surface area contributed by atoms with E-state index in [4.69, 9.17) is 4.74 Å². The van der Waals surface area contributed by atoms with E-state index in [0.717, 1.165) is 16.9 Å². The summed E-state index contributed by atoms with van der Waals surface area (Å²) in [5.41, 5.74) is 0.377. The molecule has 0 aliphatic heterocycles. The number of amides is 3. The molecule has 6 atom stereocenters. The molecule has 1 aromatic carbocycles. The summed E-state index contributed by atoms with van der Waals surface area (Å²) in [5, 5.41) is 28.2. The zero-order valence-corrected chi connectivity index (χ0v) is 30.9. The van der Waals surface area contributed by atoms with Crippen LogP contribution in [-0.4, -0.2) is 78.7 Å². The van der Waals surface area contributed by atoms with Gasteiger partial charge in [0.05, 0.1) is 5.92 Å². The van der Waals surface area contributed by atoms with Gasteiger partial charge >= 0.3 is 12.1 Å². The summed E-state index contributed by atoms with van der Waals surface area (Å²) < 4.78 is 5.21. The second-order valence-corrected chi connectivity index (χ2v) is 15.5. The van der Waals surface area contributed by atoms with E-state index < -0.39 is 53.7 Å². The molecule has 11 nitrogen and oxygen atoms in total. The Morgan fingerprint density at radius 2 is 1.70 bits per heavy atom. The van der Waals surface area contributed by atoms with Crippen molar-refractivity contribution in [3.8, 4) is 0 Å². The number of aliphatic hydroxyl groups is 1. The predicted octanol–water partition coefficient (Wildman–Crippen LogP) is 5.61. The van der Waals surface area contributed by atoms with E-state index in [0.29, 0.717) is 17.8 Å². The van der Waals surface area contributed by atoms with Crippen LogP contribution in [0.15, 0.2) is 35.7 Å². The Morgan fingerprint density at radius 1 is 1.07 bits per heavy atom. The Hall–Kier alpha value is -2.78. The number of carboxylic acids is 1. The van der Waals surface area contributed by atoms with Crippen LogP contribution >= 0.6 is 33.9 Å². The van der Waals surface area contributed by atoms with Gasteiger partial charge in [-0.3, -0.25) is 14.4 Å². The molecule has 1 heterocycles. The van der Waals surface area contributed by atoms with Crippen LogP contribution in [0.4, 0.5) is 4.79 Å². The normalized spacial score (nSPS) is 15.6. The smallest absolute Gasteiger partial charge is 0.408 e. The number of ether oxygens (including phenoxy) is 1. The summed E-state index contributed by atoms with van der Waals surface area (Å²) in [4.78, 5) is 57.0. The van der Waals surface area contributed by atoms with E-state index in [1.807, 2.05) is 51.1 Å². The van der Waals surface area contributed by atoms with Crippen molar-refractivity contribution in [1.82, 2.24) is 20.5 Å². The highest BCUT2D eigenvalue weighted by Gasteiger charge is 2.36. The van der Waals surface area contributed by atoms with E-state index in [1.165, 1.54) is 0 Å². The minimum Gasteiger partial charge on any atom is -0.481 e. The van der Waals surface area contributed by atoms with E-state index in [1.54, 1.807) is 45.0 Å². The minimum absolute atomic E-state index is 0.0437. The summed E-state index contributed by atoms with van der Waals surface area (Å²) in [6.45, 7) is 12.7. The molecule has 46 heavy (non-hydrogen) atoms. The average Bonchev–Trinajstić information content (AvgIpc) is 3.47. The SMILES string of the molecule is CCC(I)[C@H](NC(=O)OC(C)(C)C)C(=O)N(C)C(CC(O)c1nc(C(=O)N[C@@H](Cc2ccccc2)CC(C)C(=O)O)cs1)C(C)C. The lowest BCUT2D eigenvalue weighted by Crippen LogP contribution is -2.55. The van der Waals surface area contributed by atoms with Crippen LogP contribution in [0.2, 0.25) is 0 Å². The van der Waals surface area contributed by atoms with Gasteiger partial charge in [0.25, 0.3) is 5.91 Å². The standard InChI is InChI=1S/C33H49IN4O7S/c1-9-23(34)27(37-32(44)45-33(5,6)7)30(41)38(8)25(19(2)3)17-26(39)29-36-24(18-46-29)28(40)35-22(15-20(4)31(42)43)16-21-13-11-10-12-14-21/h10-14,18-20,22-23,25-27,39H,9,15-17H2,1-8H3,(H,35,40)(H,37,44)(H,42,43)/t20?,22-,23?,25?,26?,27+/m1/s1. The number of aliphatic carboxylic acids is 1. The van der Waals surface area contributed by atoms with E-state index >= 15 is 0 Å². The number of aliphatic hydroxyl groups excluding tert-OH is 1. The largest absolute Gasteiger partial charge is 0.481 e. The van der Waals surface area contributed by atoms with Crippen LogP contribution in [0, 0.1) is 11.8 Å². The highest BCUT2D eigenvalue weighted by atomic mass is 127. The Labute approximate surface area is 290 Å². The summed E-state index contributed by atoms with van der Waals surface area (Å²) >= 11 is 3.30. The van der Waals surface area contributed by atoms with Gasteiger partial charge in [0.15, 0.2) is 0 Å². The third-order valence-electron chi connectivity index (χ3n) is 7.53. The Kier molecular flexibility index (Phi) is 15.4. The first-order chi connectivity index (χ1) is 21.4. The van der Waals surface area contributed by atoms with Crippen molar-refractivity contribution < 1.29 is 34.1 Å². The average molecular weight is 773 g/mol. The van der Waals surface area contributed by atoms with E-state index in [9.17, 15) is 29.4 Å². The van der Waals surface area contributed by atoms with Crippen molar-refractivity contribution in [2.24, 2.45) is 11.8 Å². The monoisotopic (exact) mass is 772 g/mol. The molecular formula is C33H49IN4O7S. The summed E-state index contributed by atoms with van der Waals surface area (Å²) in [6, 6.07) is 7.85. The lowest BCUT2D eigenvalue weighted by Gasteiger charge is -2.36. The molecule has 0 bridgehead atoms. The van der Waals surface area contributed by atoms with Crippen molar-refractivity contribution in [2.45, 2.75) is 108 Å². The maximum atomic E-state index is 13.7. The quantitative estimate of drug-likeness (QED) is 0.127. The first kappa shape index (κ1) is 39.4. The third kappa shape index (κ3) is 12.4. The number of rotatable bonds is 16. The van der Waals surface area contributed by atoms with E-state index in [-0.39, 0.29) is 34.3 Å². The fourth-order valence-electron chi connectivity index (χ4n) is 4.99. The molecule has 2 rings (SSSR count). The number of alkyl halides is 1. The van der Waals surface area contributed by atoms with Crippen molar-refractivity contribution in [1.29, 1.82) is 0 Å². The number of alkyl carbamates (subject to hydrolysis) is 1. The number of hydrogen-bond acceptors (Lipinski definition) is 8. The summed E-state index contributed by atoms with van der Waals surface area (Å²) in [6.07, 6.45) is -0.224. The number of thiazole rings is 1. The number of carboxylic acid groups (broad SMARTS) is 1. The second kappa shape index (κ2) is 17.9. The molecule has 4 N–H and O–H groups in total. The van der Waals surface area contributed by atoms with Gasteiger partial charge in [-0.05, 0) is 51.5 Å². The first-order valence-electron chi connectivity index (χ1n) is 15.5. The molecule has 0 saturated carbocycles. The Balaban J connectivity index is 2.17. The number of aromatic nitrogens is 1. The minimum atomic E-state index is -1.06. The molecule has 1 aromatic heterocycles. The maximum absolute atomic E-state index is 13.7. The zero-order valence-electron chi connectivity index (χ0n) is 28.0. The molecular weight excluding hydrogens is 723 g/mol. The van der Waals surface area contributed by atoms with Gasteiger partial charge in [0, 0.05) is 34.9 Å². The number of likely N-dealkylation sites (N-methyl/N-ethyl adjacent to an activating group) is 1. The molecule has 0 spiro atoms. The molecule has 0 fully saturated rings. The molecule has 0 aliphatic rings. The van der Waals surface area contributed by atoms with Crippen molar-refractivity contribution >= 4 is 57.8 Å². The van der Waals surface area contributed by atoms with Gasteiger partial charge in [0.2, 0.25) is 5.91 Å². The van der Waals surface area contributed by atoms with Gasteiger partial charge in [-0.15, -0.1) is 11.3 Å². The molecule has 4 unspecified atom stereocenters. The highest BCUT2D eigenvalue weighted by molar-refractivity contribution is 14.1. The molecule has 0 aliphatic carbocycles. The topological polar surface area (TPSA) is 158 Å². The van der Waals surface area contributed by atoms with Crippen LogP contribution in [0.1, 0.15) is 94.9 Å². The van der Waals surface area contributed by atoms with E-state index in [2.05, 4.69) is 38.2 Å². The van der Waals surface area contributed by atoms with Crippen molar-refractivity contribution in [3.63, 3.8) is 0 Å². The van der Waals surface area contributed by atoms with Gasteiger partial charge < -0.3 is 30.5 Å². The van der Waals surface area contributed by atoms with Gasteiger partial charge in [-0.2, -0.15) is 0 Å². The number of carbonyl (C=O) groups is 4. The van der Waals surface area contributed by atoms with Gasteiger partial charge in [0.1, 0.15) is 28.4 Å². The van der Waals surface area contributed by atoms with Crippen LogP contribution in [0.5, 0.6) is 0 Å². The summed E-state index contributed by atoms with van der Waals surface area (Å²) in [5.74, 6) is -2.39. The number of carbonyl (C=O) groups excluding carboxylic acids is 3. The van der Waals surface area contributed by atoms with Gasteiger partial charge in [-0.1, -0.05) is 80.6 Å². The number of benzene rings is 1. The lowest BCUT2D eigenvalue weighted by atomic mass is 9.95. The van der Waals surface area contributed by atoms with Crippen LogP contribution < -0.4 is 10.6 Å². The van der Waals surface area contributed by atoms with Crippen LogP contribution in [0.25, 0.3) is 0 Å². The van der Waals surface area contributed by atoms with Crippen molar-refractivity contribution in [3.05, 3.63) is 52.0 Å². The van der Waals surface area contributed by atoms with Crippen LogP contribution in [0.3, 0.4) is 0 Å². The van der Waals surface area contributed by atoms with Crippen molar-refractivity contribution in [2.75, 3.05) is 7.05 Å². The van der Waals surface area contributed by atoms with Crippen LogP contribution in [-0.2, 0) is 20.7 Å². The van der Waals surface area contributed by atoms with Gasteiger partial charge in [-0.25, -0.2) is 9.78 Å². The molecule has 0 saturated heterocycles. The molecule has 0 radical (unpaired) electrons. The number of nitrogens with one attached hydrogen (secondary N) is 2. The molecule has 2 aromatic rings.